The lowest BCUT2D eigenvalue weighted by atomic mass is 9.68. The summed E-state index contributed by atoms with van der Waals surface area (Å²) in [4.78, 5) is 0. The molecule has 0 saturated heterocycles. The van der Waals surface area contributed by atoms with Gasteiger partial charge in [0.05, 0.1) is 0 Å². The summed E-state index contributed by atoms with van der Waals surface area (Å²) in [6.45, 7) is 5.54. The van der Waals surface area contributed by atoms with Crippen molar-refractivity contribution >= 4 is 0 Å². The van der Waals surface area contributed by atoms with Gasteiger partial charge in [-0.1, -0.05) is 33.1 Å². The lowest BCUT2D eigenvalue weighted by Crippen LogP contribution is -2.36. The standard InChI is InChI=1S/C9H19N/c1-8-5-3-4-6-9(8,2)7-10/h8H,3-7,10H2,1-2H3. The molecule has 0 aromatic heterocycles. The quantitative estimate of drug-likeness (QED) is 0.595. The van der Waals surface area contributed by atoms with Crippen LogP contribution >= 0.6 is 0 Å². The van der Waals surface area contributed by atoms with Crippen LogP contribution in [0.5, 0.6) is 0 Å². The van der Waals surface area contributed by atoms with Crippen molar-refractivity contribution in [2.24, 2.45) is 17.1 Å². The minimum absolute atomic E-state index is 0.457. The van der Waals surface area contributed by atoms with Crippen molar-refractivity contribution in [3.8, 4) is 0 Å². The van der Waals surface area contributed by atoms with Gasteiger partial charge >= 0.3 is 0 Å². The Kier molecular flexibility index (Phi) is 2.35. The summed E-state index contributed by atoms with van der Waals surface area (Å²) < 4.78 is 0. The van der Waals surface area contributed by atoms with Crippen molar-refractivity contribution in [3.63, 3.8) is 0 Å². The SMILES string of the molecule is CC1CCCCC1(C)CN. The van der Waals surface area contributed by atoms with Gasteiger partial charge in [-0.05, 0) is 24.3 Å². The Labute approximate surface area is 64.0 Å². The van der Waals surface area contributed by atoms with E-state index in [-0.39, 0.29) is 0 Å². The molecule has 0 spiro atoms. The monoisotopic (exact) mass is 141 g/mol. The van der Waals surface area contributed by atoms with Crippen molar-refractivity contribution < 1.29 is 0 Å². The van der Waals surface area contributed by atoms with Crippen LogP contribution in [-0.2, 0) is 0 Å². The molecule has 1 fully saturated rings. The second kappa shape index (κ2) is 2.91. The van der Waals surface area contributed by atoms with E-state index in [1.165, 1.54) is 25.7 Å². The molecule has 1 heteroatoms. The van der Waals surface area contributed by atoms with Crippen LogP contribution in [0.4, 0.5) is 0 Å². The molecule has 1 rings (SSSR count). The summed E-state index contributed by atoms with van der Waals surface area (Å²) >= 11 is 0. The van der Waals surface area contributed by atoms with E-state index in [4.69, 9.17) is 5.73 Å². The fourth-order valence-electron chi connectivity index (χ4n) is 1.88. The van der Waals surface area contributed by atoms with Crippen molar-refractivity contribution in [2.45, 2.75) is 39.5 Å². The second-order valence-corrected chi connectivity index (χ2v) is 4.00. The molecule has 0 aromatic carbocycles. The molecule has 0 bridgehead atoms. The zero-order valence-corrected chi connectivity index (χ0v) is 7.19. The normalized spacial score (nSPS) is 41.7. The third-order valence-corrected chi connectivity index (χ3v) is 3.29. The first-order valence-corrected chi connectivity index (χ1v) is 4.39. The summed E-state index contributed by atoms with van der Waals surface area (Å²) in [7, 11) is 0. The molecule has 0 aliphatic heterocycles. The van der Waals surface area contributed by atoms with Gasteiger partial charge in [0.25, 0.3) is 0 Å². The van der Waals surface area contributed by atoms with Gasteiger partial charge in [0.15, 0.2) is 0 Å². The highest BCUT2D eigenvalue weighted by Gasteiger charge is 2.31. The Hall–Kier alpha value is -0.0400. The highest BCUT2D eigenvalue weighted by Crippen LogP contribution is 2.39. The maximum atomic E-state index is 5.73. The van der Waals surface area contributed by atoms with E-state index in [1.807, 2.05) is 0 Å². The van der Waals surface area contributed by atoms with E-state index in [1.54, 1.807) is 0 Å². The smallest absolute Gasteiger partial charge is 0.00206 e. The van der Waals surface area contributed by atoms with Gasteiger partial charge in [0, 0.05) is 0 Å². The maximum Gasteiger partial charge on any atom is -0.00206 e. The molecular weight excluding hydrogens is 122 g/mol. The zero-order chi connectivity index (χ0) is 7.61. The predicted molar refractivity (Wildman–Crippen MR) is 44.8 cm³/mol. The summed E-state index contributed by atoms with van der Waals surface area (Å²) in [5.74, 6) is 0.839. The van der Waals surface area contributed by atoms with E-state index < -0.39 is 0 Å². The molecular formula is C9H19N. The summed E-state index contributed by atoms with van der Waals surface area (Å²) in [5, 5.41) is 0. The molecule has 2 unspecified atom stereocenters. The van der Waals surface area contributed by atoms with Crippen molar-refractivity contribution in [1.82, 2.24) is 0 Å². The molecule has 0 heterocycles. The first-order valence-electron chi connectivity index (χ1n) is 4.39. The third kappa shape index (κ3) is 1.34. The van der Waals surface area contributed by atoms with Gasteiger partial charge in [-0.2, -0.15) is 0 Å². The highest BCUT2D eigenvalue weighted by molar-refractivity contribution is 4.84. The molecule has 1 aliphatic rings. The van der Waals surface area contributed by atoms with E-state index in [0.717, 1.165) is 12.5 Å². The van der Waals surface area contributed by atoms with Crippen LogP contribution in [0.15, 0.2) is 0 Å². The third-order valence-electron chi connectivity index (χ3n) is 3.29. The fraction of sp³-hybridized carbons (Fsp3) is 1.00. The van der Waals surface area contributed by atoms with Gasteiger partial charge in [-0.3, -0.25) is 0 Å². The van der Waals surface area contributed by atoms with E-state index in [0.29, 0.717) is 5.41 Å². The van der Waals surface area contributed by atoms with Gasteiger partial charge in [-0.25, -0.2) is 0 Å². The van der Waals surface area contributed by atoms with E-state index in [2.05, 4.69) is 13.8 Å². The molecule has 1 nitrogen and oxygen atoms in total. The predicted octanol–water partition coefficient (Wildman–Crippen LogP) is 2.16. The number of hydrogen-bond acceptors (Lipinski definition) is 1. The Morgan fingerprint density at radius 1 is 1.50 bits per heavy atom. The van der Waals surface area contributed by atoms with Gasteiger partial charge in [0.1, 0.15) is 0 Å². The molecule has 0 amide bonds. The van der Waals surface area contributed by atoms with Gasteiger partial charge < -0.3 is 5.73 Å². The van der Waals surface area contributed by atoms with Crippen LogP contribution in [0.3, 0.4) is 0 Å². The van der Waals surface area contributed by atoms with Crippen molar-refractivity contribution in [2.75, 3.05) is 6.54 Å². The summed E-state index contributed by atoms with van der Waals surface area (Å²) in [6, 6.07) is 0. The number of rotatable bonds is 1. The molecule has 0 radical (unpaired) electrons. The van der Waals surface area contributed by atoms with Gasteiger partial charge in [-0.15, -0.1) is 0 Å². The molecule has 1 aliphatic carbocycles. The van der Waals surface area contributed by atoms with E-state index >= 15 is 0 Å². The second-order valence-electron chi connectivity index (χ2n) is 4.00. The minimum atomic E-state index is 0.457. The Bertz CT molecular complexity index is 111. The van der Waals surface area contributed by atoms with Gasteiger partial charge in [0.2, 0.25) is 0 Å². The number of hydrogen-bond donors (Lipinski definition) is 1. The van der Waals surface area contributed by atoms with Crippen LogP contribution in [0, 0.1) is 11.3 Å². The minimum Gasteiger partial charge on any atom is -0.330 e. The molecule has 1 saturated carbocycles. The van der Waals surface area contributed by atoms with Crippen molar-refractivity contribution in [1.29, 1.82) is 0 Å². The summed E-state index contributed by atoms with van der Waals surface area (Å²) in [6.07, 6.45) is 5.52. The molecule has 0 aromatic rings. The van der Waals surface area contributed by atoms with E-state index in [9.17, 15) is 0 Å². The average molecular weight is 141 g/mol. The highest BCUT2D eigenvalue weighted by atomic mass is 14.6. The van der Waals surface area contributed by atoms with Crippen LogP contribution in [0.2, 0.25) is 0 Å². The van der Waals surface area contributed by atoms with Crippen molar-refractivity contribution in [3.05, 3.63) is 0 Å². The van der Waals surface area contributed by atoms with Crippen LogP contribution in [-0.4, -0.2) is 6.54 Å². The summed E-state index contributed by atoms with van der Waals surface area (Å²) in [5.41, 5.74) is 6.18. The lowest BCUT2D eigenvalue weighted by molar-refractivity contribution is 0.140. The number of nitrogens with two attached hydrogens (primary N) is 1. The molecule has 60 valence electrons. The largest absolute Gasteiger partial charge is 0.330 e. The Balaban J connectivity index is 2.54. The topological polar surface area (TPSA) is 26.0 Å². The zero-order valence-electron chi connectivity index (χ0n) is 7.19. The Morgan fingerprint density at radius 2 is 2.20 bits per heavy atom. The molecule has 2 atom stereocenters. The first kappa shape index (κ1) is 8.06. The van der Waals surface area contributed by atoms with Crippen LogP contribution in [0.1, 0.15) is 39.5 Å². The fourth-order valence-corrected chi connectivity index (χ4v) is 1.88. The van der Waals surface area contributed by atoms with Crippen LogP contribution < -0.4 is 5.73 Å². The average Bonchev–Trinajstić information content (AvgIpc) is 1.96. The Morgan fingerprint density at radius 3 is 2.60 bits per heavy atom. The first-order chi connectivity index (χ1) is 4.69. The molecule has 2 N–H and O–H groups in total. The lowest BCUT2D eigenvalue weighted by Gasteiger charge is -2.38. The molecule has 10 heavy (non-hydrogen) atoms. The van der Waals surface area contributed by atoms with Crippen LogP contribution in [0.25, 0.3) is 0 Å². The maximum absolute atomic E-state index is 5.73.